The van der Waals surface area contributed by atoms with Gasteiger partial charge in [0, 0.05) is 11.3 Å². The quantitative estimate of drug-likeness (QED) is 0.695. The van der Waals surface area contributed by atoms with Crippen LogP contribution in [-0.2, 0) is 0 Å². The van der Waals surface area contributed by atoms with E-state index in [-0.39, 0.29) is 0 Å². The molecule has 3 rings (SSSR count). The van der Waals surface area contributed by atoms with E-state index in [1.165, 1.54) is 0 Å². The average Bonchev–Trinajstić information content (AvgIpc) is 2.84. The predicted octanol–water partition coefficient (Wildman–Crippen LogP) is 3.71. The number of benzene rings is 2. The number of halogens is 1. The number of aromatic nitrogens is 1. The third-order valence-electron chi connectivity index (χ3n) is 2.73. The summed E-state index contributed by atoms with van der Waals surface area (Å²) >= 11 is 3.38. The van der Waals surface area contributed by atoms with E-state index in [0.29, 0.717) is 28.2 Å². The van der Waals surface area contributed by atoms with Crippen LogP contribution in [0.25, 0.3) is 22.6 Å². The van der Waals surface area contributed by atoms with E-state index in [2.05, 4.69) is 27.0 Å². The van der Waals surface area contributed by atoms with E-state index in [1.807, 2.05) is 12.1 Å². The van der Waals surface area contributed by atoms with E-state index in [1.54, 1.807) is 24.3 Å². The number of anilines is 1. The molecule has 0 radical (unpaired) electrons. The summed E-state index contributed by atoms with van der Waals surface area (Å²) in [5, 5.41) is 8.93. The average molecular weight is 314 g/mol. The van der Waals surface area contributed by atoms with Crippen molar-refractivity contribution < 1.29 is 4.42 Å². The summed E-state index contributed by atoms with van der Waals surface area (Å²) in [7, 11) is 0. The molecular weight excluding hydrogens is 306 g/mol. The second-order valence-electron chi connectivity index (χ2n) is 4.06. The Hall–Kier alpha value is -2.32. The van der Waals surface area contributed by atoms with E-state index in [0.717, 1.165) is 10.0 Å². The molecule has 0 fully saturated rings. The van der Waals surface area contributed by atoms with Crippen LogP contribution in [0.15, 0.2) is 45.3 Å². The maximum Gasteiger partial charge on any atom is 0.227 e. The third kappa shape index (κ3) is 2.07. The zero-order chi connectivity index (χ0) is 13.4. The second-order valence-corrected chi connectivity index (χ2v) is 4.91. The van der Waals surface area contributed by atoms with Gasteiger partial charge in [0.1, 0.15) is 5.52 Å². The highest BCUT2D eigenvalue weighted by Gasteiger charge is 2.12. The molecule has 3 aromatic rings. The first kappa shape index (κ1) is 11.8. The number of nitriles is 1. The number of nitrogens with zero attached hydrogens (tertiary/aromatic N) is 2. The summed E-state index contributed by atoms with van der Waals surface area (Å²) in [6, 6.07) is 12.8. The molecule has 2 N–H and O–H groups in total. The Morgan fingerprint density at radius 1 is 1.21 bits per heavy atom. The molecule has 1 aromatic heterocycles. The van der Waals surface area contributed by atoms with Gasteiger partial charge in [-0.1, -0.05) is 0 Å². The normalized spacial score (nSPS) is 10.5. The molecule has 0 aliphatic heterocycles. The first-order valence-electron chi connectivity index (χ1n) is 5.53. The van der Waals surface area contributed by atoms with E-state index >= 15 is 0 Å². The lowest BCUT2D eigenvalue weighted by Gasteiger charge is -1.95. The van der Waals surface area contributed by atoms with Gasteiger partial charge in [-0.3, -0.25) is 0 Å². The van der Waals surface area contributed by atoms with Crippen LogP contribution in [0.1, 0.15) is 5.56 Å². The number of hydrogen-bond acceptors (Lipinski definition) is 4. The number of rotatable bonds is 1. The molecule has 1 heterocycles. The van der Waals surface area contributed by atoms with Crippen molar-refractivity contribution in [3.8, 4) is 17.5 Å². The standard InChI is InChI=1S/C14H8BrN3O/c15-11-5-8(7-16)6-12-13(11)19-14(18-12)9-1-3-10(17)4-2-9/h1-6H,17H2. The minimum Gasteiger partial charge on any atom is -0.435 e. The van der Waals surface area contributed by atoms with Gasteiger partial charge in [0.2, 0.25) is 5.89 Å². The smallest absolute Gasteiger partial charge is 0.227 e. The van der Waals surface area contributed by atoms with Crippen molar-refractivity contribution in [3.63, 3.8) is 0 Å². The fourth-order valence-electron chi connectivity index (χ4n) is 1.81. The first-order chi connectivity index (χ1) is 9.17. The lowest BCUT2D eigenvalue weighted by molar-refractivity contribution is 0.618. The van der Waals surface area contributed by atoms with Crippen molar-refractivity contribution in [3.05, 3.63) is 46.4 Å². The van der Waals surface area contributed by atoms with Crippen LogP contribution in [0, 0.1) is 11.3 Å². The first-order valence-corrected chi connectivity index (χ1v) is 6.33. The van der Waals surface area contributed by atoms with Crippen molar-refractivity contribution in [2.45, 2.75) is 0 Å². The van der Waals surface area contributed by atoms with Crippen LogP contribution in [0.5, 0.6) is 0 Å². The van der Waals surface area contributed by atoms with Gasteiger partial charge in [-0.05, 0) is 52.3 Å². The molecule has 4 nitrogen and oxygen atoms in total. The predicted molar refractivity (Wildman–Crippen MR) is 76.3 cm³/mol. The van der Waals surface area contributed by atoms with Gasteiger partial charge in [-0.25, -0.2) is 4.98 Å². The molecule has 0 aliphatic rings. The third-order valence-corrected chi connectivity index (χ3v) is 3.32. The van der Waals surface area contributed by atoms with Crippen molar-refractivity contribution >= 4 is 32.7 Å². The van der Waals surface area contributed by atoms with Gasteiger partial charge >= 0.3 is 0 Å². The summed E-state index contributed by atoms with van der Waals surface area (Å²) < 4.78 is 6.43. The van der Waals surface area contributed by atoms with Crippen LogP contribution in [0.2, 0.25) is 0 Å². The zero-order valence-corrected chi connectivity index (χ0v) is 11.3. The molecule has 0 atom stereocenters. The Balaban J connectivity index is 2.19. The van der Waals surface area contributed by atoms with Crippen molar-refractivity contribution in [2.24, 2.45) is 0 Å². The molecule has 2 aromatic carbocycles. The fraction of sp³-hybridized carbons (Fsp3) is 0. The summed E-state index contributed by atoms with van der Waals surface area (Å²) in [4.78, 5) is 4.39. The SMILES string of the molecule is N#Cc1cc(Br)c2oc(-c3ccc(N)cc3)nc2c1. The van der Waals surface area contributed by atoms with Crippen LogP contribution >= 0.6 is 15.9 Å². The van der Waals surface area contributed by atoms with Gasteiger partial charge < -0.3 is 10.2 Å². The topological polar surface area (TPSA) is 75.8 Å². The van der Waals surface area contributed by atoms with Gasteiger partial charge in [-0.15, -0.1) is 0 Å². The molecule has 0 unspecified atom stereocenters. The molecular formula is C14H8BrN3O. The van der Waals surface area contributed by atoms with Gasteiger partial charge in [0.05, 0.1) is 16.1 Å². The van der Waals surface area contributed by atoms with Gasteiger partial charge in [0.15, 0.2) is 5.58 Å². The van der Waals surface area contributed by atoms with Crippen molar-refractivity contribution in [1.82, 2.24) is 4.98 Å². The van der Waals surface area contributed by atoms with Crippen LogP contribution in [-0.4, -0.2) is 4.98 Å². The van der Waals surface area contributed by atoms with E-state index < -0.39 is 0 Å². The van der Waals surface area contributed by atoms with Gasteiger partial charge in [-0.2, -0.15) is 5.26 Å². The maximum atomic E-state index is 8.93. The summed E-state index contributed by atoms with van der Waals surface area (Å²) in [6.45, 7) is 0. The molecule has 0 aliphatic carbocycles. The van der Waals surface area contributed by atoms with Crippen molar-refractivity contribution in [2.75, 3.05) is 5.73 Å². The number of nitrogen functional groups attached to an aromatic ring is 1. The molecule has 5 heteroatoms. The lowest BCUT2D eigenvalue weighted by Crippen LogP contribution is -1.83. The van der Waals surface area contributed by atoms with E-state index in [9.17, 15) is 0 Å². The fourth-order valence-corrected chi connectivity index (χ4v) is 2.34. The molecule has 0 amide bonds. The molecule has 0 saturated carbocycles. The number of fused-ring (bicyclic) bond motifs is 1. The number of nitrogens with two attached hydrogens (primary N) is 1. The molecule has 19 heavy (non-hydrogen) atoms. The highest BCUT2D eigenvalue weighted by molar-refractivity contribution is 9.10. The zero-order valence-electron chi connectivity index (χ0n) is 9.72. The monoisotopic (exact) mass is 313 g/mol. The Morgan fingerprint density at radius 2 is 1.95 bits per heavy atom. The summed E-state index contributed by atoms with van der Waals surface area (Å²) in [6.07, 6.45) is 0. The Labute approximate surface area is 117 Å². The minimum atomic E-state index is 0.505. The van der Waals surface area contributed by atoms with Gasteiger partial charge in [0.25, 0.3) is 0 Å². The highest BCUT2D eigenvalue weighted by atomic mass is 79.9. The molecule has 92 valence electrons. The Morgan fingerprint density at radius 3 is 2.63 bits per heavy atom. The Bertz CT molecular complexity index is 800. The molecule has 0 spiro atoms. The van der Waals surface area contributed by atoms with Crippen LogP contribution < -0.4 is 5.73 Å². The van der Waals surface area contributed by atoms with Crippen LogP contribution in [0.4, 0.5) is 5.69 Å². The largest absolute Gasteiger partial charge is 0.435 e. The molecule has 0 bridgehead atoms. The number of hydrogen-bond donors (Lipinski definition) is 1. The number of oxazole rings is 1. The maximum absolute atomic E-state index is 8.93. The second kappa shape index (κ2) is 4.41. The molecule has 0 saturated heterocycles. The van der Waals surface area contributed by atoms with Crippen molar-refractivity contribution in [1.29, 1.82) is 5.26 Å². The lowest BCUT2D eigenvalue weighted by atomic mass is 10.2. The highest BCUT2D eigenvalue weighted by Crippen LogP contribution is 2.30. The Kier molecular flexibility index (Phi) is 2.73. The van der Waals surface area contributed by atoms with E-state index in [4.69, 9.17) is 15.4 Å². The summed E-state index contributed by atoms with van der Waals surface area (Å²) in [5.74, 6) is 0.505. The van der Waals surface area contributed by atoms with Crippen LogP contribution in [0.3, 0.4) is 0 Å². The minimum absolute atomic E-state index is 0.505. The summed E-state index contributed by atoms with van der Waals surface area (Å²) in [5.41, 5.74) is 9.00.